The normalized spacial score (nSPS) is 10.5. The Morgan fingerprint density at radius 1 is 1.11 bits per heavy atom. The first-order valence-electron chi connectivity index (χ1n) is 8.65. The van der Waals surface area contributed by atoms with Gasteiger partial charge in [0.25, 0.3) is 5.91 Å². The minimum atomic E-state index is -0.127. The van der Waals surface area contributed by atoms with Crippen LogP contribution in [0.3, 0.4) is 0 Å². The van der Waals surface area contributed by atoms with E-state index in [1.165, 1.54) is 0 Å². The molecule has 0 aliphatic rings. The molecule has 1 N–H and O–H groups in total. The van der Waals surface area contributed by atoms with E-state index in [4.69, 9.17) is 4.74 Å². The van der Waals surface area contributed by atoms with Gasteiger partial charge >= 0.3 is 0 Å². The number of carbonyl (C=O) groups is 1. The maximum absolute atomic E-state index is 12.6. The number of thioether (sulfide) groups is 1. The predicted molar refractivity (Wildman–Crippen MR) is 111 cm³/mol. The summed E-state index contributed by atoms with van der Waals surface area (Å²) >= 11 is 1.64. The molecule has 3 aromatic rings. The van der Waals surface area contributed by atoms with Crippen LogP contribution in [0.5, 0.6) is 5.75 Å². The Morgan fingerprint density at radius 2 is 1.89 bits per heavy atom. The molecule has 0 saturated heterocycles. The summed E-state index contributed by atoms with van der Waals surface area (Å²) in [5.74, 6) is 0.679. The summed E-state index contributed by atoms with van der Waals surface area (Å²) in [6.45, 7) is 4.36. The summed E-state index contributed by atoms with van der Waals surface area (Å²) < 4.78 is 5.96. The number of benzene rings is 2. The lowest BCUT2D eigenvalue weighted by Crippen LogP contribution is -2.13. The van der Waals surface area contributed by atoms with Gasteiger partial charge in [0.2, 0.25) is 0 Å². The van der Waals surface area contributed by atoms with Gasteiger partial charge in [0.05, 0.1) is 0 Å². The number of pyridine rings is 1. The number of aryl methyl sites for hydroxylation is 2. The predicted octanol–water partition coefficient (Wildman–Crippen LogP) is 5.25. The van der Waals surface area contributed by atoms with Crippen molar-refractivity contribution in [2.45, 2.75) is 25.3 Å². The fourth-order valence-corrected chi connectivity index (χ4v) is 3.31. The van der Waals surface area contributed by atoms with Crippen LogP contribution in [0.1, 0.15) is 27.0 Å². The van der Waals surface area contributed by atoms with Crippen LogP contribution in [0.2, 0.25) is 0 Å². The van der Waals surface area contributed by atoms with E-state index in [-0.39, 0.29) is 5.91 Å². The van der Waals surface area contributed by atoms with Crippen molar-refractivity contribution in [3.05, 3.63) is 83.2 Å². The monoisotopic (exact) mass is 378 g/mol. The first-order valence-corrected chi connectivity index (χ1v) is 9.87. The fourth-order valence-electron chi connectivity index (χ4n) is 2.85. The minimum absolute atomic E-state index is 0.127. The first-order chi connectivity index (χ1) is 13.1. The molecule has 0 fully saturated rings. The summed E-state index contributed by atoms with van der Waals surface area (Å²) in [4.78, 5) is 17.8. The van der Waals surface area contributed by atoms with Gasteiger partial charge in [-0.2, -0.15) is 0 Å². The van der Waals surface area contributed by atoms with Crippen LogP contribution in [0.4, 0.5) is 5.69 Å². The van der Waals surface area contributed by atoms with Gasteiger partial charge in [0.1, 0.15) is 12.4 Å². The van der Waals surface area contributed by atoms with Crippen molar-refractivity contribution >= 4 is 23.4 Å². The van der Waals surface area contributed by atoms with Gasteiger partial charge in [0, 0.05) is 34.1 Å². The fraction of sp³-hybridized carbons (Fsp3) is 0.182. The lowest BCUT2D eigenvalue weighted by Gasteiger charge is -2.14. The SMILES string of the molecule is CSc1cccc(NC(=O)c2cc(C)c(OCc3cccnc3)c(C)c2)c1. The van der Waals surface area contributed by atoms with Crippen molar-refractivity contribution in [3.63, 3.8) is 0 Å². The third kappa shape index (κ3) is 4.89. The van der Waals surface area contributed by atoms with Crippen LogP contribution in [-0.4, -0.2) is 17.1 Å². The lowest BCUT2D eigenvalue weighted by atomic mass is 10.0. The van der Waals surface area contributed by atoms with Crippen LogP contribution in [0.25, 0.3) is 0 Å². The Morgan fingerprint density at radius 3 is 2.56 bits per heavy atom. The van der Waals surface area contributed by atoms with E-state index in [0.29, 0.717) is 12.2 Å². The molecule has 138 valence electrons. The Balaban J connectivity index is 1.74. The topological polar surface area (TPSA) is 51.2 Å². The number of ether oxygens (including phenoxy) is 1. The Hall–Kier alpha value is -2.79. The number of nitrogens with zero attached hydrogens (tertiary/aromatic N) is 1. The molecule has 0 unspecified atom stereocenters. The molecule has 1 aromatic heterocycles. The number of anilines is 1. The van der Waals surface area contributed by atoms with Crippen molar-refractivity contribution < 1.29 is 9.53 Å². The van der Waals surface area contributed by atoms with E-state index in [9.17, 15) is 4.79 Å². The van der Waals surface area contributed by atoms with Gasteiger partial charge in [-0.25, -0.2) is 0 Å². The highest BCUT2D eigenvalue weighted by Gasteiger charge is 2.12. The average molecular weight is 378 g/mol. The molecule has 3 rings (SSSR count). The Kier molecular flexibility index (Phi) is 6.14. The van der Waals surface area contributed by atoms with Crippen molar-refractivity contribution in [3.8, 4) is 5.75 Å². The molecule has 0 bridgehead atoms. The van der Waals surface area contributed by atoms with Crippen LogP contribution in [0, 0.1) is 13.8 Å². The number of aromatic nitrogens is 1. The van der Waals surface area contributed by atoms with Gasteiger partial charge in [-0.1, -0.05) is 12.1 Å². The molecule has 0 aliphatic heterocycles. The van der Waals surface area contributed by atoms with Crippen molar-refractivity contribution in [2.24, 2.45) is 0 Å². The van der Waals surface area contributed by atoms with Crippen molar-refractivity contribution in [1.29, 1.82) is 0 Å². The molecule has 5 heteroatoms. The number of rotatable bonds is 6. The number of hydrogen-bond donors (Lipinski definition) is 1. The molecular weight excluding hydrogens is 356 g/mol. The zero-order valence-electron chi connectivity index (χ0n) is 15.7. The van der Waals surface area contributed by atoms with E-state index >= 15 is 0 Å². The lowest BCUT2D eigenvalue weighted by molar-refractivity contribution is 0.102. The van der Waals surface area contributed by atoms with Gasteiger partial charge in [0.15, 0.2) is 0 Å². The third-order valence-electron chi connectivity index (χ3n) is 4.16. The van der Waals surface area contributed by atoms with E-state index in [1.807, 2.05) is 68.6 Å². The molecule has 0 saturated carbocycles. The van der Waals surface area contributed by atoms with E-state index in [2.05, 4.69) is 10.3 Å². The summed E-state index contributed by atoms with van der Waals surface area (Å²) in [7, 11) is 0. The summed E-state index contributed by atoms with van der Waals surface area (Å²) in [5, 5.41) is 2.96. The quantitative estimate of drug-likeness (QED) is 0.595. The zero-order valence-corrected chi connectivity index (χ0v) is 16.5. The molecule has 2 aromatic carbocycles. The van der Waals surface area contributed by atoms with Gasteiger partial charge in [-0.15, -0.1) is 11.8 Å². The Labute approximate surface area is 164 Å². The highest BCUT2D eigenvalue weighted by Crippen LogP contribution is 2.26. The first kappa shape index (κ1) is 19.0. The molecular formula is C22H22N2O2S. The van der Waals surface area contributed by atoms with Crippen LogP contribution < -0.4 is 10.1 Å². The highest BCUT2D eigenvalue weighted by atomic mass is 32.2. The molecule has 0 radical (unpaired) electrons. The van der Waals surface area contributed by atoms with Crippen LogP contribution in [0.15, 0.2) is 65.8 Å². The number of carbonyl (C=O) groups excluding carboxylic acids is 1. The maximum atomic E-state index is 12.6. The number of nitrogens with one attached hydrogen (secondary N) is 1. The van der Waals surface area contributed by atoms with Gasteiger partial charge in [-0.05, 0) is 67.6 Å². The molecule has 1 heterocycles. The molecule has 0 atom stereocenters. The van der Waals surface area contributed by atoms with Gasteiger partial charge in [-0.3, -0.25) is 9.78 Å². The largest absolute Gasteiger partial charge is 0.488 e. The number of hydrogen-bond acceptors (Lipinski definition) is 4. The zero-order chi connectivity index (χ0) is 19.2. The van der Waals surface area contributed by atoms with E-state index < -0.39 is 0 Å². The maximum Gasteiger partial charge on any atom is 0.255 e. The highest BCUT2D eigenvalue weighted by molar-refractivity contribution is 7.98. The smallest absolute Gasteiger partial charge is 0.255 e. The second kappa shape index (κ2) is 8.73. The van der Waals surface area contributed by atoms with Crippen LogP contribution >= 0.6 is 11.8 Å². The van der Waals surface area contributed by atoms with Crippen molar-refractivity contribution in [2.75, 3.05) is 11.6 Å². The summed E-state index contributed by atoms with van der Waals surface area (Å²) in [6, 6.07) is 15.4. The average Bonchev–Trinajstić information content (AvgIpc) is 2.68. The molecule has 1 amide bonds. The summed E-state index contributed by atoms with van der Waals surface area (Å²) in [5.41, 5.74) is 4.28. The molecule has 4 nitrogen and oxygen atoms in total. The second-order valence-corrected chi connectivity index (χ2v) is 7.15. The van der Waals surface area contributed by atoms with Crippen molar-refractivity contribution in [1.82, 2.24) is 4.98 Å². The molecule has 0 spiro atoms. The second-order valence-electron chi connectivity index (χ2n) is 6.28. The Bertz CT molecular complexity index is 919. The van der Waals surface area contributed by atoms with Crippen LogP contribution in [-0.2, 0) is 6.61 Å². The van der Waals surface area contributed by atoms with Gasteiger partial charge < -0.3 is 10.1 Å². The minimum Gasteiger partial charge on any atom is -0.488 e. The molecule has 27 heavy (non-hydrogen) atoms. The summed E-state index contributed by atoms with van der Waals surface area (Å²) in [6.07, 6.45) is 5.54. The number of amides is 1. The van der Waals surface area contributed by atoms with E-state index in [0.717, 1.165) is 33.0 Å². The third-order valence-corrected chi connectivity index (χ3v) is 4.88. The molecule has 0 aliphatic carbocycles. The standard InChI is InChI=1S/C22H22N2O2S/c1-15-10-18(22(25)24-19-7-4-8-20(12-19)27-3)11-16(2)21(15)26-14-17-6-5-9-23-13-17/h4-13H,14H2,1-3H3,(H,24,25). The van der Waals surface area contributed by atoms with E-state index in [1.54, 1.807) is 24.2 Å².